The van der Waals surface area contributed by atoms with Gasteiger partial charge in [-0.15, -0.1) is 0 Å². The van der Waals surface area contributed by atoms with Crippen molar-refractivity contribution in [3.8, 4) is 0 Å². The summed E-state index contributed by atoms with van der Waals surface area (Å²) >= 11 is 0. The summed E-state index contributed by atoms with van der Waals surface area (Å²) in [4.78, 5) is 14.9. The highest BCUT2D eigenvalue weighted by atomic mass is 16.2. The summed E-state index contributed by atoms with van der Waals surface area (Å²) in [5.74, 6) is 0.210. The molecule has 0 radical (unpaired) electrons. The highest BCUT2D eigenvalue weighted by Crippen LogP contribution is 2.15. The van der Waals surface area contributed by atoms with Gasteiger partial charge in [-0.25, -0.2) is 0 Å². The van der Waals surface area contributed by atoms with Crippen LogP contribution in [0.3, 0.4) is 0 Å². The second-order valence-electron chi connectivity index (χ2n) is 7.71. The summed E-state index contributed by atoms with van der Waals surface area (Å²) in [6.07, 6.45) is 3.43. The van der Waals surface area contributed by atoms with Gasteiger partial charge in [0.1, 0.15) is 0 Å². The third kappa shape index (κ3) is 5.35. The number of amides is 1. The molecule has 3 rings (SSSR count). The van der Waals surface area contributed by atoms with Crippen LogP contribution in [0, 0.1) is 6.92 Å². The van der Waals surface area contributed by atoms with Gasteiger partial charge in [-0.2, -0.15) is 0 Å². The fourth-order valence-electron chi connectivity index (χ4n) is 3.41. The first-order valence-electron chi connectivity index (χ1n) is 10.1. The predicted octanol–water partition coefficient (Wildman–Crippen LogP) is 5.21. The molecule has 0 aliphatic carbocycles. The lowest BCUT2D eigenvalue weighted by Crippen LogP contribution is -2.37. The molecule has 0 spiro atoms. The van der Waals surface area contributed by atoms with Gasteiger partial charge in [0.25, 0.3) is 0 Å². The quantitative estimate of drug-likeness (QED) is 0.531. The topological polar surface area (TPSA) is 25.2 Å². The molecule has 0 unspecified atom stereocenters. The minimum atomic E-state index is 0.172. The molecule has 0 saturated heterocycles. The average molecular weight is 375 g/mol. The second-order valence-corrected chi connectivity index (χ2v) is 7.71. The molecule has 0 bridgehead atoms. The normalized spacial score (nSPS) is 11.0. The van der Waals surface area contributed by atoms with Gasteiger partial charge in [0.15, 0.2) is 0 Å². The van der Waals surface area contributed by atoms with Crippen molar-refractivity contribution in [3.05, 3.63) is 95.3 Å². The van der Waals surface area contributed by atoms with E-state index >= 15 is 0 Å². The van der Waals surface area contributed by atoms with Crippen LogP contribution < -0.4 is 0 Å². The first kappa shape index (κ1) is 19.9. The van der Waals surface area contributed by atoms with Crippen molar-refractivity contribution < 1.29 is 4.79 Å². The van der Waals surface area contributed by atoms with Gasteiger partial charge in [0.2, 0.25) is 5.91 Å². The maximum atomic E-state index is 12.9. The average Bonchev–Trinajstić information content (AvgIpc) is 3.13. The third-order valence-electron chi connectivity index (χ3n) is 5.14. The lowest BCUT2D eigenvalue weighted by atomic mass is 10.1. The Labute approximate surface area is 168 Å². The van der Waals surface area contributed by atoms with E-state index in [1.807, 2.05) is 23.1 Å². The zero-order valence-corrected chi connectivity index (χ0v) is 17.1. The van der Waals surface area contributed by atoms with Crippen LogP contribution in [-0.4, -0.2) is 21.4 Å². The van der Waals surface area contributed by atoms with Crippen molar-refractivity contribution in [3.63, 3.8) is 0 Å². The monoisotopic (exact) mass is 374 g/mol. The van der Waals surface area contributed by atoms with Crippen molar-refractivity contribution in [1.29, 1.82) is 0 Å². The number of rotatable bonds is 8. The molecule has 1 aromatic heterocycles. The molecule has 0 N–H and O–H groups in total. The lowest BCUT2D eigenvalue weighted by molar-refractivity contribution is -0.133. The summed E-state index contributed by atoms with van der Waals surface area (Å²) in [6, 6.07) is 23.2. The van der Waals surface area contributed by atoms with Gasteiger partial charge in [0.05, 0.1) is 6.54 Å². The van der Waals surface area contributed by atoms with Crippen molar-refractivity contribution in [2.75, 3.05) is 0 Å². The number of carbonyl (C=O) groups is 1. The molecule has 2 aromatic carbocycles. The van der Waals surface area contributed by atoms with E-state index in [4.69, 9.17) is 0 Å². The summed E-state index contributed by atoms with van der Waals surface area (Å²) in [7, 11) is 0. The largest absolute Gasteiger partial charge is 0.345 e. The zero-order valence-electron chi connectivity index (χ0n) is 17.1. The highest BCUT2D eigenvalue weighted by Gasteiger charge is 2.18. The van der Waals surface area contributed by atoms with Crippen molar-refractivity contribution in [2.45, 2.75) is 52.7 Å². The standard InChI is InChI=1S/C25H30N2O/c1-20(2)27(25(28)16-15-22-8-5-4-6-9-22)19-24-10-7-17-26(24)18-23-13-11-21(3)12-14-23/h4-14,17,20H,15-16,18-19H2,1-3H3. The van der Waals surface area contributed by atoms with Crippen LogP contribution in [0.2, 0.25) is 0 Å². The lowest BCUT2D eigenvalue weighted by Gasteiger charge is -2.27. The van der Waals surface area contributed by atoms with E-state index in [-0.39, 0.29) is 11.9 Å². The van der Waals surface area contributed by atoms with Gasteiger partial charge in [0, 0.05) is 30.9 Å². The Kier molecular flexibility index (Phi) is 6.70. The smallest absolute Gasteiger partial charge is 0.223 e. The second kappa shape index (κ2) is 9.41. The molecule has 28 heavy (non-hydrogen) atoms. The SMILES string of the molecule is Cc1ccc(Cn2cccc2CN(C(=O)CCc2ccccc2)C(C)C)cc1. The molecule has 0 fully saturated rings. The molecule has 3 heteroatoms. The van der Waals surface area contributed by atoms with Crippen molar-refractivity contribution in [1.82, 2.24) is 9.47 Å². The number of nitrogens with zero attached hydrogens (tertiary/aromatic N) is 2. The Morgan fingerprint density at radius 2 is 1.64 bits per heavy atom. The van der Waals surface area contributed by atoms with Crippen LogP contribution in [-0.2, 0) is 24.3 Å². The van der Waals surface area contributed by atoms with Gasteiger partial charge in [-0.3, -0.25) is 4.79 Å². The van der Waals surface area contributed by atoms with Crippen molar-refractivity contribution in [2.24, 2.45) is 0 Å². The van der Waals surface area contributed by atoms with E-state index in [0.717, 1.165) is 13.0 Å². The van der Waals surface area contributed by atoms with Crippen LogP contribution in [0.15, 0.2) is 72.9 Å². The number of aromatic nitrogens is 1. The minimum Gasteiger partial charge on any atom is -0.345 e. The molecule has 3 nitrogen and oxygen atoms in total. The molecule has 0 saturated carbocycles. The van der Waals surface area contributed by atoms with E-state index < -0.39 is 0 Å². The van der Waals surface area contributed by atoms with Gasteiger partial charge >= 0.3 is 0 Å². The van der Waals surface area contributed by atoms with E-state index in [1.165, 1.54) is 22.4 Å². The number of hydrogen-bond acceptors (Lipinski definition) is 1. The van der Waals surface area contributed by atoms with Crippen molar-refractivity contribution >= 4 is 5.91 Å². The maximum absolute atomic E-state index is 12.9. The Bertz CT molecular complexity index is 878. The first-order valence-corrected chi connectivity index (χ1v) is 10.1. The molecule has 0 aliphatic rings. The van der Waals surface area contributed by atoms with E-state index in [9.17, 15) is 4.79 Å². The Balaban J connectivity index is 1.66. The van der Waals surface area contributed by atoms with E-state index in [1.54, 1.807) is 0 Å². The first-order chi connectivity index (χ1) is 13.5. The fourth-order valence-corrected chi connectivity index (χ4v) is 3.41. The van der Waals surface area contributed by atoms with Crippen LogP contribution in [0.25, 0.3) is 0 Å². The molecule has 146 valence electrons. The summed E-state index contributed by atoms with van der Waals surface area (Å²) in [5, 5.41) is 0. The van der Waals surface area contributed by atoms with E-state index in [2.05, 4.69) is 80.1 Å². The summed E-state index contributed by atoms with van der Waals surface area (Å²) < 4.78 is 2.24. The number of hydrogen-bond donors (Lipinski definition) is 0. The fraction of sp³-hybridized carbons (Fsp3) is 0.320. The molecular formula is C25H30N2O. The Morgan fingerprint density at radius 1 is 0.929 bits per heavy atom. The van der Waals surface area contributed by atoms with Gasteiger partial charge < -0.3 is 9.47 Å². The number of carbonyl (C=O) groups excluding carboxylic acids is 1. The molecule has 1 heterocycles. The molecule has 0 aliphatic heterocycles. The van der Waals surface area contributed by atoms with Crippen LogP contribution in [0.5, 0.6) is 0 Å². The van der Waals surface area contributed by atoms with Gasteiger partial charge in [-0.05, 0) is 50.5 Å². The maximum Gasteiger partial charge on any atom is 0.223 e. The minimum absolute atomic E-state index is 0.172. The number of benzene rings is 2. The molecule has 3 aromatic rings. The molecular weight excluding hydrogens is 344 g/mol. The Morgan fingerprint density at radius 3 is 2.32 bits per heavy atom. The summed E-state index contributed by atoms with van der Waals surface area (Å²) in [5.41, 5.74) is 4.92. The highest BCUT2D eigenvalue weighted by molar-refractivity contribution is 5.76. The third-order valence-corrected chi connectivity index (χ3v) is 5.14. The van der Waals surface area contributed by atoms with Crippen LogP contribution in [0.1, 0.15) is 42.7 Å². The van der Waals surface area contributed by atoms with Gasteiger partial charge in [-0.1, -0.05) is 60.2 Å². The summed E-state index contributed by atoms with van der Waals surface area (Å²) in [6.45, 7) is 7.75. The van der Waals surface area contributed by atoms with Crippen LogP contribution in [0.4, 0.5) is 0 Å². The predicted molar refractivity (Wildman–Crippen MR) is 115 cm³/mol. The van der Waals surface area contributed by atoms with Crippen LogP contribution >= 0.6 is 0 Å². The molecule has 1 amide bonds. The Hall–Kier alpha value is -2.81. The molecule has 0 atom stereocenters. The van der Waals surface area contributed by atoms with E-state index in [0.29, 0.717) is 13.0 Å². The number of aryl methyl sites for hydroxylation is 2. The zero-order chi connectivity index (χ0) is 19.9.